The molecular weight excluding hydrogens is 262 g/mol. The molecule has 2 heterocycles. The molecule has 1 aliphatic heterocycles. The number of hydrogen-bond acceptors (Lipinski definition) is 4. The van der Waals surface area contributed by atoms with Crippen LogP contribution in [0.4, 0.5) is 0 Å². The van der Waals surface area contributed by atoms with Gasteiger partial charge < -0.3 is 9.84 Å². The van der Waals surface area contributed by atoms with Crippen molar-refractivity contribution >= 4 is 23.4 Å². The second kappa shape index (κ2) is 6.84. The molecule has 19 heavy (non-hydrogen) atoms. The molecule has 1 aliphatic rings. The van der Waals surface area contributed by atoms with E-state index in [1.165, 1.54) is 11.0 Å². The Bertz CT molecular complexity index is 455. The molecular formula is C14H19NO3S. The third kappa shape index (κ3) is 4.78. The van der Waals surface area contributed by atoms with E-state index in [2.05, 4.69) is 17.9 Å². The summed E-state index contributed by atoms with van der Waals surface area (Å²) in [5, 5.41) is 8.60. The largest absolute Gasteiger partial charge is 0.478 e. The first-order valence-electron chi connectivity index (χ1n) is 6.47. The molecule has 0 bridgehead atoms. The zero-order chi connectivity index (χ0) is 13.7. The summed E-state index contributed by atoms with van der Waals surface area (Å²) < 4.78 is 5.63. The summed E-state index contributed by atoms with van der Waals surface area (Å²) in [4.78, 5) is 15.1. The predicted octanol–water partition coefficient (Wildman–Crippen LogP) is 2.46. The van der Waals surface area contributed by atoms with Crippen LogP contribution in [0.3, 0.4) is 0 Å². The highest BCUT2D eigenvalue weighted by Crippen LogP contribution is 2.20. The quantitative estimate of drug-likeness (QED) is 0.861. The van der Waals surface area contributed by atoms with Gasteiger partial charge in [0.1, 0.15) is 0 Å². The van der Waals surface area contributed by atoms with E-state index in [-0.39, 0.29) is 6.10 Å². The van der Waals surface area contributed by atoms with E-state index >= 15 is 0 Å². The van der Waals surface area contributed by atoms with Crippen LogP contribution in [0.25, 0.3) is 6.08 Å². The van der Waals surface area contributed by atoms with Gasteiger partial charge in [0.25, 0.3) is 0 Å². The summed E-state index contributed by atoms with van der Waals surface area (Å²) in [5.74, 6) is -0.909. The van der Waals surface area contributed by atoms with Crippen LogP contribution in [0, 0.1) is 0 Å². The van der Waals surface area contributed by atoms with Gasteiger partial charge in [-0.2, -0.15) is 0 Å². The lowest BCUT2D eigenvalue weighted by atomic mass is 10.3. The van der Waals surface area contributed by atoms with Crippen LogP contribution in [-0.2, 0) is 16.1 Å². The van der Waals surface area contributed by atoms with Gasteiger partial charge in [-0.3, -0.25) is 4.90 Å². The average molecular weight is 281 g/mol. The third-order valence-corrected chi connectivity index (χ3v) is 4.02. The van der Waals surface area contributed by atoms with Crippen LogP contribution in [0.1, 0.15) is 23.1 Å². The molecule has 104 valence electrons. The molecule has 1 aromatic rings. The number of nitrogens with zero attached hydrogens (tertiary/aromatic N) is 1. The van der Waals surface area contributed by atoms with Gasteiger partial charge in [-0.25, -0.2) is 4.79 Å². The molecule has 0 saturated carbocycles. The number of aliphatic carboxylic acids is 1. The van der Waals surface area contributed by atoms with E-state index < -0.39 is 5.97 Å². The van der Waals surface area contributed by atoms with Crippen molar-refractivity contribution < 1.29 is 14.6 Å². The van der Waals surface area contributed by atoms with E-state index in [0.29, 0.717) is 0 Å². The van der Waals surface area contributed by atoms with Crippen molar-refractivity contribution in [2.24, 2.45) is 0 Å². The van der Waals surface area contributed by atoms with Crippen LogP contribution in [0.5, 0.6) is 0 Å². The van der Waals surface area contributed by atoms with Crippen molar-refractivity contribution in [3.05, 3.63) is 28.0 Å². The molecule has 1 aromatic heterocycles. The van der Waals surface area contributed by atoms with Gasteiger partial charge in [0, 0.05) is 42.1 Å². The second-order valence-corrected chi connectivity index (χ2v) is 5.95. The summed E-state index contributed by atoms with van der Waals surface area (Å²) in [6.45, 7) is 5.88. The fraction of sp³-hybridized carbons (Fsp3) is 0.500. The molecule has 0 aromatic carbocycles. The monoisotopic (exact) mass is 281 g/mol. The number of carboxylic acid groups (broad SMARTS) is 1. The minimum Gasteiger partial charge on any atom is -0.478 e. The number of carbonyl (C=O) groups is 1. The Kier molecular flexibility index (Phi) is 5.13. The van der Waals surface area contributed by atoms with Gasteiger partial charge in [0.05, 0.1) is 6.10 Å². The zero-order valence-electron chi connectivity index (χ0n) is 11.0. The first-order valence-corrected chi connectivity index (χ1v) is 7.29. The van der Waals surface area contributed by atoms with Crippen LogP contribution in [0.15, 0.2) is 18.2 Å². The normalized spacial score (nSPS) is 21.6. The van der Waals surface area contributed by atoms with Gasteiger partial charge in [-0.1, -0.05) is 0 Å². The Morgan fingerprint density at radius 1 is 1.63 bits per heavy atom. The molecule has 1 fully saturated rings. The summed E-state index contributed by atoms with van der Waals surface area (Å²) in [7, 11) is 0. The maximum Gasteiger partial charge on any atom is 0.328 e. The number of rotatable bonds is 4. The highest BCUT2D eigenvalue weighted by molar-refractivity contribution is 7.12. The first kappa shape index (κ1) is 14.2. The van der Waals surface area contributed by atoms with Gasteiger partial charge >= 0.3 is 5.97 Å². The number of thiophene rings is 1. The molecule has 0 aliphatic carbocycles. The Morgan fingerprint density at radius 2 is 2.47 bits per heavy atom. The van der Waals surface area contributed by atoms with Crippen LogP contribution in [0.2, 0.25) is 0 Å². The molecule has 4 nitrogen and oxygen atoms in total. The molecule has 0 radical (unpaired) electrons. The maximum atomic E-state index is 10.5. The SMILES string of the molecule is CC1CN(Cc2ccc(/C=C/C(=O)O)s2)CCCO1. The molecule has 0 spiro atoms. The van der Waals surface area contributed by atoms with Crippen molar-refractivity contribution in [2.75, 3.05) is 19.7 Å². The lowest BCUT2D eigenvalue weighted by Gasteiger charge is -2.20. The fourth-order valence-corrected chi connectivity index (χ4v) is 3.12. The van der Waals surface area contributed by atoms with Crippen LogP contribution < -0.4 is 0 Å². The molecule has 2 rings (SSSR count). The van der Waals surface area contributed by atoms with Gasteiger partial charge in [-0.15, -0.1) is 11.3 Å². The smallest absolute Gasteiger partial charge is 0.328 e. The summed E-state index contributed by atoms with van der Waals surface area (Å²) in [6, 6.07) is 4.04. The van der Waals surface area contributed by atoms with Crippen LogP contribution >= 0.6 is 11.3 Å². The highest BCUT2D eigenvalue weighted by Gasteiger charge is 2.15. The van der Waals surface area contributed by atoms with E-state index in [1.807, 2.05) is 6.07 Å². The van der Waals surface area contributed by atoms with Crippen molar-refractivity contribution in [1.29, 1.82) is 0 Å². The maximum absolute atomic E-state index is 10.5. The van der Waals surface area contributed by atoms with Crippen molar-refractivity contribution in [3.63, 3.8) is 0 Å². The van der Waals surface area contributed by atoms with Crippen LogP contribution in [-0.4, -0.2) is 41.8 Å². The van der Waals surface area contributed by atoms with E-state index in [0.717, 1.165) is 37.5 Å². The fourth-order valence-electron chi connectivity index (χ4n) is 2.17. The lowest BCUT2D eigenvalue weighted by Crippen LogP contribution is -2.29. The molecule has 0 amide bonds. The number of carboxylic acids is 1. The van der Waals surface area contributed by atoms with Gasteiger partial charge in [-0.05, 0) is 31.6 Å². The van der Waals surface area contributed by atoms with Gasteiger partial charge in [0.15, 0.2) is 0 Å². The molecule has 1 saturated heterocycles. The minimum absolute atomic E-state index is 0.286. The second-order valence-electron chi connectivity index (χ2n) is 4.75. The van der Waals surface area contributed by atoms with E-state index in [4.69, 9.17) is 9.84 Å². The summed E-state index contributed by atoms with van der Waals surface area (Å²) in [5.41, 5.74) is 0. The van der Waals surface area contributed by atoms with Gasteiger partial charge in [0.2, 0.25) is 0 Å². The third-order valence-electron chi connectivity index (χ3n) is 2.99. The molecule has 1 unspecified atom stereocenters. The Hall–Kier alpha value is -1.17. The first-order chi connectivity index (χ1) is 9.13. The van der Waals surface area contributed by atoms with Crippen molar-refractivity contribution in [3.8, 4) is 0 Å². The number of ether oxygens (including phenoxy) is 1. The Balaban J connectivity index is 1.93. The highest BCUT2D eigenvalue weighted by atomic mass is 32.1. The summed E-state index contributed by atoms with van der Waals surface area (Å²) in [6.07, 6.45) is 4.18. The zero-order valence-corrected chi connectivity index (χ0v) is 11.9. The molecule has 1 atom stereocenters. The molecule has 1 N–H and O–H groups in total. The van der Waals surface area contributed by atoms with E-state index in [9.17, 15) is 4.79 Å². The standard InChI is InChI=1S/C14H19NO3S/c1-11-9-15(7-2-8-18-11)10-13-4-3-12(19-13)5-6-14(16)17/h3-6,11H,2,7-10H2,1H3,(H,16,17)/b6-5+. The van der Waals surface area contributed by atoms with E-state index in [1.54, 1.807) is 17.4 Å². The van der Waals surface area contributed by atoms with Crippen molar-refractivity contribution in [2.45, 2.75) is 26.0 Å². The minimum atomic E-state index is -0.909. The lowest BCUT2D eigenvalue weighted by molar-refractivity contribution is -0.131. The predicted molar refractivity (Wildman–Crippen MR) is 76.3 cm³/mol. The summed E-state index contributed by atoms with van der Waals surface area (Å²) >= 11 is 1.64. The topological polar surface area (TPSA) is 49.8 Å². The average Bonchev–Trinajstić information content (AvgIpc) is 2.69. The Morgan fingerprint density at radius 3 is 3.26 bits per heavy atom. The van der Waals surface area contributed by atoms with Crippen molar-refractivity contribution in [1.82, 2.24) is 4.90 Å². The Labute approximate surface area is 117 Å². The number of hydrogen-bond donors (Lipinski definition) is 1. The molecule has 5 heteroatoms.